The van der Waals surface area contributed by atoms with E-state index in [0.29, 0.717) is 11.3 Å². The Balaban J connectivity index is 2.77. The van der Waals surface area contributed by atoms with Crippen LogP contribution in [0.25, 0.3) is 11.1 Å². The molecule has 30 heavy (non-hydrogen) atoms. The van der Waals surface area contributed by atoms with Crippen molar-refractivity contribution in [3.63, 3.8) is 0 Å². The average molecular weight is 521 g/mol. The van der Waals surface area contributed by atoms with Crippen LogP contribution in [0, 0.1) is 5.82 Å². The fourth-order valence-corrected chi connectivity index (χ4v) is 21.3. The van der Waals surface area contributed by atoms with Crippen molar-refractivity contribution in [2.24, 2.45) is 0 Å². The van der Waals surface area contributed by atoms with Gasteiger partial charge in [0.1, 0.15) is 0 Å². The second kappa shape index (κ2) is 12.6. The fraction of sp³-hybridized carbons (Fsp3) is 0.538. The molecule has 0 unspecified atom stereocenters. The number of ether oxygens (including phenoxy) is 2. The van der Waals surface area contributed by atoms with Gasteiger partial charge in [-0.05, 0) is 0 Å². The minimum absolute atomic E-state index is 0.217. The van der Waals surface area contributed by atoms with Crippen LogP contribution >= 0.6 is 0 Å². The average Bonchev–Trinajstić information content (AvgIpc) is 2.78. The number of halogens is 1. The van der Waals surface area contributed by atoms with Crippen molar-refractivity contribution in [3.05, 3.63) is 42.2 Å². The molecule has 0 bridgehead atoms. The van der Waals surface area contributed by atoms with Gasteiger partial charge in [-0.1, -0.05) is 0 Å². The molecule has 2 aromatic carbocycles. The molecule has 0 saturated heterocycles. The van der Waals surface area contributed by atoms with E-state index in [1.165, 1.54) is 55.4 Å². The van der Waals surface area contributed by atoms with E-state index in [2.05, 4.69) is 32.9 Å². The predicted molar refractivity (Wildman–Crippen MR) is 129 cm³/mol. The van der Waals surface area contributed by atoms with Crippen molar-refractivity contribution >= 4 is 22.0 Å². The van der Waals surface area contributed by atoms with Gasteiger partial charge in [-0.25, -0.2) is 0 Å². The molecule has 0 aromatic heterocycles. The third-order valence-electron chi connectivity index (χ3n) is 6.29. The van der Waals surface area contributed by atoms with Crippen LogP contribution in [0.3, 0.4) is 0 Å². The second-order valence-electron chi connectivity index (χ2n) is 8.32. The van der Waals surface area contributed by atoms with Crippen molar-refractivity contribution < 1.29 is 13.9 Å². The quantitative estimate of drug-likeness (QED) is 0.253. The molecule has 0 amide bonds. The van der Waals surface area contributed by atoms with Gasteiger partial charge in [-0.3, -0.25) is 0 Å². The Morgan fingerprint density at radius 3 is 1.90 bits per heavy atom. The van der Waals surface area contributed by atoms with E-state index in [0.717, 1.165) is 11.3 Å². The monoisotopic (exact) mass is 522 g/mol. The summed E-state index contributed by atoms with van der Waals surface area (Å²) in [5, 5.41) is 0. The van der Waals surface area contributed by atoms with Crippen LogP contribution in [0.1, 0.15) is 59.3 Å². The molecule has 0 heterocycles. The summed E-state index contributed by atoms with van der Waals surface area (Å²) in [5.74, 6) is 1.16. The summed E-state index contributed by atoms with van der Waals surface area (Å²) in [6, 6.07) is 11.5. The zero-order valence-electron chi connectivity index (χ0n) is 19.5. The van der Waals surface area contributed by atoms with E-state index in [1.807, 2.05) is 12.1 Å². The predicted octanol–water partition coefficient (Wildman–Crippen LogP) is 7.57. The van der Waals surface area contributed by atoms with E-state index in [-0.39, 0.29) is 5.82 Å². The van der Waals surface area contributed by atoms with Crippen LogP contribution in [0.5, 0.6) is 11.5 Å². The molecule has 2 nitrogen and oxygen atoms in total. The van der Waals surface area contributed by atoms with E-state index >= 15 is 4.39 Å². The van der Waals surface area contributed by atoms with Gasteiger partial charge in [0.05, 0.1) is 0 Å². The molecule has 0 fully saturated rings. The van der Waals surface area contributed by atoms with Gasteiger partial charge in [0.15, 0.2) is 0 Å². The first-order valence-corrected chi connectivity index (χ1v) is 19.1. The normalized spacial score (nSPS) is 11.5. The topological polar surface area (TPSA) is 18.5 Å². The first-order valence-electron chi connectivity index (χ1n) is 11.6. The molecule has 0 aliphatic carbocycles. The first-order chi connectivity index (χ1) is 14.6. The summed E-state index contributed by atoms with van der Waals surface area (Å²) < 4.78 is 31.8. The molecule has 4 heteroatoms. The number of unbranched alkanes of at least 4 members (excludes halogenated alkanes) is 3. The van der Waals surface area contributed by atoms with Gasteiger partial charge in [0, 0.05) is 0 Å². The zero-order valence-corrected chi connectivity index (χ0v) is 22.4. The Hall–Kier alpha value is -1.23. The van der Waals surface area contributed by atoms with Crippen molar-refractivity contribution in [2.45, 2.75) is 72.6 Å². The van der Waals surface area contributed by atoms with E-state index in [4.69, 9.17) is 9.47 Å². The summed E-state index contributed by atoms with van der Waals surface area (Å²) >= 11 is -2.79. The van der Waals surface area contributed by atoms with Crippen LogP contribution < -0.4 is 13.1 Å². The molecule has 0 spiro atoms. The second-order valence-corrected chi connectivity index (χ2v) is 21.4. The maximum absolute atomic E-state index is 15.2. The Morgan fingerprint density at radius 1 is 0.800 bits per heavy atom. The van der Waals surface area contributed by atoms with Gasteiger partial charge in [0.2, 0.25) is 0 Å². The summed E-state index contributed by atoms with van der Waals surface area (Å²) in [5.41, 5.74) is 1.60. The Bertz CT molecular complexity index is 769. The van der Waals surface area contributed by atoms with Crippen molar-refractivity contribution in [3.8, 4) is 22.6 Å². The fourth-order valence-electron chi connectivity index (χ4n) is 4.58. The van der Waals surface area contributed by atoms with Crippen LogP contribution in [0.2, 0.25) is 13.3 Å². The van der Waals surface area contributed by atoms with Gasteiger partial charge in [0.25, 0.3) is 0 Å². The van der Waals surface area contributed by atoms with Crippen LogP contribution in [0.15, 0.2) is 36.4 Å². The molecule has 2 rings (SSSR count). The number of rotatable bonds is 13. The summed E-state index contributed by atoms with van der Waals surface area (Å²) in [4.78, 5) is 0. The maximum atomic E-state index is 15.2. The molecule has 0 aliphatic rings. The summed E-state index contributed by atoms with van der Waals surface area (Å²) in [6.07, 6.45) is 7.44. The van der Waals surface area contributed by atoms with Crippen LogP contribution in [-0.2, 0) is 0 Å². The van der Waals surface area contributed by atoms with Gasteiger partial charge < -0.3 is 0 Å². The van der Waals surface area contributed by atoms with E-state index < -0.39 is 18.4 Å². The SMILES string of the molecule is CCC[CH2][Sn]([CH2]CCC)([CH2]CCC)[c]1ccc(OC)cc1-c1c(F)cccc1OC. The first kappa shape index (κ1) is 25.0. The third-order valence-corrected chi connectivity index (χ3v) is 22.0. The minimum atomic E-state index is -2.79. The van der Waals surface area contributed by atoms with E-state index in [9.17, 15) is 0 Å². The van der Waals surface area contributed by atoms with Crippen molar-refractivity contribution in [2.75, 3.05) is 14.2 Å². The molecular weight excluding hydrogens is 482 g/mol. The number of benzene rings is 2. The molecule has 166 valence electrons. The van der Waals surface area contributed by atoms with Crippen molar-refractivity contribution in [1.29, 1.82) is 0 Å². The molecule has 2 aromatic rings. The zero-order chi connectivity index (χ0) is 22.0. The number of methoxy groups -OCH3 is 2. The van der Waals surface area contributed by atoms with Gasteiger partial charge in [-0.15, -0.1) is 0 Å². The number of hydrogen-bond donors (Lipinski definition) is 0. The Morgan fingerprint density at radius 2 is 1.40 bits per heavy atom. The van der Waals surface area contributed by atoms with Gasteiger partial charge in [-0.2, -0.15) is 0 Å². The molecule has 0 radical (unpaired) electrons. The van der Waals surface area contributed by atoms with E-state index in [1.54, 1.807) is 26.4 Å². The summed E-state index contributed by atoms with van der Waals surface area (Å²) in [6.45, 7) is 6.85. The van der Waals surface area contributed by atoms with Gasteiger partial charge >= 0.3 is 187 Å². The number of hydrogen-bond acceptors (Lipinski definition) is 2. The standard InChI is InChI=1S/C14H12FO2.3C4H9.Sn/c1-16-11-6-3-5-10(9-11)14-12(15)7-4-8-13(14)17-2;3*1-3-4-2;/h3-4,6-9H,1-2H3;3*1,3-4H2,2H3;. The molecule has 0 aliphatic heterocycles. The molecular formula is C26H39FO2Sn. The Kier molecular flexibility index (Phi) is 10.5. The van der Waals surface area contributed by atoms with Crippen LogP contribution in [0.4, 0.5) is 4.39 Å². The molecule has 0 atom stereocenters. The molecule has 0 saturated carbocycles. The van der Waals surface area contributed by atoms with Crippen molar-refractivity contribution in [1.82, 2.24) is 0 Å². The summed E-state index contributed by atoms with van der Waals surface area (Å²) in [7, 11) is 3.30. The third kappa shape index (κ3) is 5.93. The van der Waals surface area contributed by atoms with Crippen LogP contribution in [-0.4, -0.2) is 32.6 Å². The molecule has 0 N–H and O–H groups in total. The Labute approximate surface area is 187 Å².